The number of fused-ring (bicyclic) bond motifs is 1. The average Bonchev–Trinajstić information content (AvgIpc) is 2.65. The third kappa shape index (κ3) is 3.98. The van der Waals surface area contributed by atoms with Crippen LogP contribution in [0.25, 0.3) is 10.9 Å². The van der Waals surface area contributed by atoms with Crippen molar-refractivity contribution in [3.05, 3.63) is 73.9 Å². The summed E-state index contributed by atoms with van der Waals surface area (Å²) >= 11 is 0. The van der Waals surface area contributed by atoms with Crippen LogP contribution in [0, 0.1) is 6.92 Å². The summed E-state index contributed by atoms with van der Waals surface area (Å²) in [5, 5.41) is -0.313. The Morgan fingerprint density at radius 2 is 1.76 bits per heavy atom. The monoisotopic (exact) mass is 426 g/mol. The van der Waals surface area contributed by atoms with E-state index in [1.165, 1.54) is 19.1 Å². The fraction of sp³-hybridized carbons (Fsp3) is 0.263. The molecule has 154 valence electrons. The number of benzene rings is 2. The number of alkyl halides is 3. The molecule has 0 atom stereocenters. The molecule has 2 aromatic carbocycles. The SMILES string of the molecule is CCS(=O)(=O)c1cc(C)ccc1Cn1c(=O)[nH]c2ccc(C(F)(F)F)cc2c1=O. The Morgan fingerprint density at radius 3 is 2.38 bits per heavy atom. The van der Waals surface area contributed by atoms with Crippen LogP contribution in [0.1, 0.15) is 23.6 Å². The van der Waals surface area contributed by atoms with Gasteiger partial charge in [0.05, 0.1) is 33.7 Å². The van der Waals surface area contributed by atoms with Crippen LogP contribution in [0.15, 0.2) is 50.9 Å². The lowest BCUT2D eigenvalue weighted by atomic mass is 10.1. The Morgan fingerprint density at radius 1 is 1.07 bits per heavy atom. The van der Waals surface area contributed by atoms with Crippen molar-refractivity contribution in [1.82, 2.24) is 9.55 Å². The van der Waals surface area contributed by atoms with Gasteiger partial charge < -0.3 is 4.98 Å². The lowest BCUT2D eigenvalue weighted by Crippen LogP contribution is -2.35. The molecule has 0 spiro atoms. The summed E-state index contributed by atoms with van der Waals surface area (Å²) in [6.07, 6.45) is -4.65. The highest BCUT2D eigenvalue weighted by molar-refractivity contribution is 7.91. The molecule has 1 N–H and O–H groups in total. The quantitative estimate of drug-likeness (QED) is 0.695. The van der Waals surface area contributed by atoms with Crippen LogP contribution in [-0.4, -0.2) is 23.7 Å². The number of hydrogen-bond acceptors (Lipinski definition) is 4. The van der Waals surface area contributed by atoms with E-state index < -0.39 is 39.4 Å². The zero-order valence-electron chi connectivity index (χ0n) is 15.5. The van der Waals surface area contributed by atoms with Gasteiger partial charge in [-0.1, -0.05) is 19.1 Å². The summed E-state index contributed by atoms with van der Waals surface area (Å²) in [6.45, 7) is 2.77. The van der Waals surface area contributed by atoms with Crippen molar-refractivity contribution in [1.29, 1.82) is 0 Å². The molecule has 29 heavy (non-hydrogen) atoms. The fourth-order valence-corrected chi connectivity index (χ4v) is 4.19. The van der Waals surface area contributed by atoms with Crippen molar-refractivity contribution in [2.24, 2.45) is 0 Å². The van der Waals surface area contributed by atoms with Crippen LogP contribution in [0.4, 0.5) is 13.2 Å². The normalized spacial score (nSPS) is 12.4. The molecule has 1 aromatic heterocycles. The van der Waals surface area contributed by atoms with E-state index >= 15 is 0 Å². The standard InChI is InChI=1S/C19H17F3N2O4S/c1-3-29(27,28)16-8-11(2)4-5-12(16)10-24-17(25)14-9-13(19(20,21)22)6-7-15(14)23-18(24)26/h4-9H,3,10H2,1-2H3,(H,23,26). The highest BCUT2D eigenvalue weighted by Crippen LogP contribution is 2.30. The predicted octanol–water partition coefficient (Wildman–Crippen LogP) is 2.86. The highest BCUT2D eigenvalue weighted by Gasteiger charge is 2.31. The fourth-order valence-electron chi connectivity index (χ4n) is 2.98. The Hall–Kier alpha value is -2.88. The van der Waals surface area contributed by atoms with Gasteiger partial charge in [-0.3, -0.25) is 9.36 Å². The van der Waals surface area contributed by atoms with E-state index in [0.717, 1.165) is 12.1 Å². The second-order valence-corrected chi connectivity index (χ2v) is 8.84. The molecule has 0 saturated carbocycles. The van der Waals surface area contributed by atoms with Gasteiger partial charge in [-0.25, -0.2) is 13.2 Å². The van der Waals surface area contributed by atoms with Crippen molar-refractivity contribution in [3.8, 4) is 0 Å². The molecule has 0 saturated heterocycles. The molecular formula is C19H17F3N2O4S. The number of aromatic nitrogens is 2. The maximum absolute atomic E-state index is 13.0. The first kappa shape index (κ1) is 20.8. The molecule has 3 aromatic rings. The van der Waals surface area contributed by atoms with Crippen LogP contribution >= 0.6 is 0 Å². The van der Waals surface area contributed by atoms with Gasteiger partial charge in [-0.15, -0.1) is 0 Å². The van der Waals surface area contributed by atoms with E-state index in [4.69, 9.17) is 0 Å². The number of halogens is 3. The summed E-state index contributed by atoms with van der Waals surface area (Å²) in [5.41, 5.74) is -1.95. The molecule has 1 heterocycles. The van der Waals surface area contributed by atoms with Gasteiger partial charge in [-0.05, 0) is 42.3 Å². The smallest absolute Gasteiger partial charge is 0.307 e. The lowest BCUT2D eigenvalue weighted by Gasteiger charge is -2.13. The number of nitrogens with one attached hydrogen (secondary N) is 1. The van der Waals surface area contributed by atoms with Gasteiger partial charge in [-0.2, -0.15) is 13.2 Å². The minimum atomic E-state index is -4.65. The number of hydrogen-bond donors (Lipinski definition) is 1. The summed E-state index contributed by atoms with van der Waals surface area (Å²) < 4.78 is 64.5. The number of rotatable bonds is 4. The minimum absolute atomic E-state index is 0.0181. The second-order valence-electron chi connectivity index (χ2n) is 6.59. The van der Waals surface area contributed by atoms with Crippen LogP contribution in [0.2, 0.25) is 0 Å². The van der Waals surface area contributed by atoms with Crippen molar-refractivity contribution in [2.75, 3.05) is 5.75 Å². The van der Waals surface area contributed by atoms with E-state index in [1.807, 2.05) is 0 Å². The first-order valence-corrected chi connectivity index (χ1v) is 10.3. The van der Waals surface area contributed by atoms with Crippen LogP contribution in [0.5, 0.6) is 0 Å². The molecule has 0 aliphatic carbocycles. The van der Waals surface area contributed by atoms with Crippen LogP contribution in [0.3, 0.4) is 0 Å². The van der Waals surface area contributed by atoms with Crippen molar-refractivity contribution >= 4 is 20.7 Å². The molecule has 0 amide bonds. The van der Waals surface area contributed by atoms with E-state index in [-0.39, 0.29) is 27.1 Å². The summed E-state index contributed by atoms with van der Waals surface area (Å²) in [7, 11) is -3.64. The van der Waals surface area contributed by atoms with Crippen LogP contribution in [-0.2, 0) is 22.6 Å². The van der Waals surface area contributed by atoms with Crippen LogP contribution < -0.4 is 11.2 Å². The van der Waals surface area contributed by atoms with Crippen molar-refractivity contribution in [2.45, 2.75) is 31.5 Å². The van der Waals surface area contributed by atoms with E-state index in [1.54, 1.807) is 13.0 Å². The first-order chi connectivity index (χ1) is 13.4. The summed E-state index contributed by atoms with van der Waals surface area (Å²) in [5.74, 6) is -0.179. The van der Waals surface area contributed by atoms with Gasteiger partial charge in [0, 0.05) is 0 Å². The molecule has 0 aliphatic heterocycles. The number of nitrogens with zero attached hydrogens (tertiary/aromatic N) is 1. The number of aromatic amines is 1. The first-order valence-electron chi connectivity index (χ1n) is 8.60. The Kier molecular flexibility index (Phi) is 5.16. The average molecular weight is 426 g/mol. The summed E-state index contributed by atoms with van der Waals surface area (Å²) in [6, 6.07) is 7.02. The van der Waals surface area contributed by atoms with Crippen molar-refractivity contribution < 1.29 is 21.6 Å². The molecule has 0 bridgehead atoms. The Balaban J connectivity index is 2.22. The van der Waals surface area contributed by atoms with Gasteiger partial charge >= 0.3 is 11.9 Å². The third-order valence-electron chi connectivity index (χ3n) is 4.58. The molecule has 0 radical (unpaired) electrons. The van der Waals surface area contributed by atoms with E-state index in [2.05, 4.69) is 4.98 Å². The maximum atomic E-state index is 13.0. The summed E-state index contributed by atoms with van der Waals surface area (Å²) in [4.78, 5) is 27.5. The van der Waals surface area contributed by atoms with Gasteiger partial charge in [0.25, 0.3) is 5.56 Å². The molecule has 0 fully saturated rings. The maximum Gasteiger partial charge on any atom is 0.416 e. The second kappa shape index (κ2) is 7.18. The highest BCUT2D eigenvalue weighted by atomic mass is 32.2. The lowest BCUT2D eigenvalue weighted by molar-refractivity contribution is -0.137. The topological polar surface area (TPSA) is 89.0 Å². The predicted molar refractivity (Wildman–Crippen MR) is 102 cm³/mol. The molecule has 3 rings (SSSR count). The van der Waals surface area contributed by atoms with Gasteiger partial charge in [0.15, 0.2) is 9.84 Å². The van der Waals surface area contributed by atoms with E-state index in [0.29, 0.717) is 16.2 Å². The van der Waals surface area contributed by atoms with Gasteiger partial charge in [0.2, 0.25) is 0 Å². The largest absolute Gasteiger partial charge is 0.416 e. The number of aryl methyl sites for hydroxylation is 1. The molecule has 10 heteroatoms. The number of sulfone groups is 1. The minimum Gasteiger partial charge on any atom is -0.307 e. The zero-order chi connectivity index (χ0) is 21.6. The third-order valence-corrected chi connectivity index (χ3v) is 6.39. The molecule has 0 aliphatic rings. The molecule has 0 unspecified atom stereocenters. The van der Waals surface area contributed by atoms with Crippen molar-refractivity contribution in [3.63, 3.8) is 0 Å². The Labute approximate surface area is 163 Å². The van der Waals surface area contributed by atoms with Gasteiger partial charge in [0.1, 0.15) is 0 Å². The Bertz CT molecular complexity index is 1320. The zero-order valence-corrected chi connectivity index (χ0v) is 16.3. The molecular weight excluding hydrogens is 409 g/mol. The number of H-pyrrole nitrogens is 1. The molecule has 6 nitrogen and oxygen atoms in total. The van der Waals surface area contributed by atoms with E-state index in [9.17, 15) is 31.2 Å².